The Balaban J connectivity index is 1.97. The highest BCUT2D eigenvalue weighted by atomic mass is 32.1. The highest BCUT2D eigenvalue weighted by Gasteiger charge is 2.29. The number of hydrogen-bond donors (Lipinski definition) is 0. The monoisotopic (exact) mass is 326 g/mol. The molecule has 2 heterocycles. The molecular weight excluding hydrogens is 300 g/mol. The van der Waals surface area contributed by atoms with Gasteiger partial charge in [-0.1, -0.05) is 13.8 Å². The van der Waals surface area contributed by atoms with E-state index >= 15 is 0 Å². The van der Waals surface area contributed by atoms with Crippen LogP contribution in [-0.2, 0) is 9.53 Å². The average molecular weight is 326 g/mol. The molecule has 0 N–H and O–H groups in total. The molecule has 22 heavy (non-hydrogen) atoms. The van der Waals surface area contributed by atoms with Gasteiger partial charge in [-0.3, -0.25) is 4.79 Å². The Kier molecular flexibility index (Phi) is 6.14. The van der Waals surface area contributed by atoms with Crippen molar-refractivity contribution in [3.63, 3.8) is 0 Å². The van der Waals surface area contributed by atoms with Crippen molar-refractivity contribution < 1.29 is 9.53 Å². The number of rotatable bonds is 6. The van der Waals surface area contributed by atoms with Crippen LogP contribution in [0.25, 0.3) is 0 Å². The van der Waals surface area contributed by atoms with E-state index in [0.29, 0.717) is 19.1 Å². The van der Waals surface area contributed by atoms with Gasteiger partial charge in [0.15, 0.2) is 0 Å². The van der Waals surface area contributed by atoms with E-state index in [1.165, 1.54) is 11.5 Å². The molecular formula is C15H26N4O2S. The van der Waals surface area contributed by atoms with Crippen LogP contribution >= 0.6 is 11.5 Å². The highest BCUT2D eigenvalue weighted by Crippen LogP contribution is 2.27. The zero-order chi connectivity index (χ0) is 16.1. The van der Waals surface area contributed by atoms with Crippen LogP contribution in [0.4, 0.5) is 5.13 Å². The summed E-state index contributed by atoms with van der Waals surface area (Å²) in [6, 6.07) is 0. The summed E-state index contributed by atoms with van der Waals surface area (Å²) in [4.78, 5) is 21.1. The lowest BCUT2D eigenvalue weighted by molar-refractivity contribution is -0.135. The summed E-state index contributed by atoms with van der Waals surface area (Å²) in [5.74, 6) is 1.48. The van der Waals surface area contributed by atoms with Crippen molar-refractivity contribution in [1.29, 1.82) is 0 Å². The van der Waals surface area contributed by atoms with Crippen molar-refractivity contribution in [2.75, 3.05) is 45.3 Å². The zero-order valence-corrected chi connectivity index (χ0v) is 14.7. The van der Waals surface area contributed by atoms with E-state index in [4.69, 9.17) is 4.74 Å². The zero-order valence-electron chi connectivity index (χ0n) is 13.9. The predicted molar refractivity (Wildman–Crippen MR) is 88.4 cm³/mol. The molecule has 0 bridgehead atoms. The van der Waals surface area contributed by atoms with Crippen LogP contribution < -0.4 is 4.90 Å². The smallest absolute Gasteiger partial charge is 0.227 e. The number of methoxy groups -OCH3 is 1. The summed E-state index contributed by atoms with van der Waals surface area (Å²) in [5.41, 5.74) is 0. The van der Waals surface area contributed by atoms with Crippen LogP contribution in [0, 0.1) is 5.92 Å². The summed E-state index contributed by atoms with van der Waals surface area (Å²) < 4.78 is 9.46. The number of amides is 1. The molecule has 7 heteroatoms. The Morgan fingerprint density at radius 2 is 2.32 bits per heavy atom. The first-order valence-electron chi connectivity index (χ1n) is 7.85. The summed E-state index contributed by atoms with van der Waals surface area (Å²) in [5, 5.41) is 0.945. The van der Waals surface area contributed by atoms with Crippen molar-refractivity contribution in [3.05, 3.63) is 5.82 Å². The first-order chi connectivity index (χ1) is 10.5. The number of hydrogen-bond acceptors (Lipinski definition) is 6. The molecule has 1 saturated heterocycles. The number of ether oxygens (including phenoxy) is 1. The summed E-state index contributed by atoms with van der Waals surface area (Å²) in [6.07, 6.45) is 1.97. The Morgan fingerprint density at radius 3 is 2.95 bits per heavy atom. The van der Waals surface area contributed by atoms with Gasteiger partial charge in [-0.15, -0.1) is 0 Å². The normalized spacial score (nSPS) is 18.8. The van der Waals surface area contributed by atoms with Gasteiger partial charge in [-0.2, -0.15) is 4.37 Å². The van der Waals surface area contributed by atoms with Crippen molar-refractivity contribution in [1.82, 2.24) is 14.3 Å². The molecule has 0 aromatic carbocycles. The van der Waals surface area contributed by atoms with Gasteiger partial charge in [0.25, 0.3) is 0 Å². The number of nitrogens with zero attached hydrogens (tertiary/aromatic N) is 4. The number of anilines is 1. The van der Waals surface area contributed by atoms with Crippen LogP contribution in [0.2, 0.25) is 0 Å². The topological polar surface area (TPSA) is 58.6 Å². The molecule has 1 atom stereocenters. The van der Waals surface area contributed by atoms with Gasteiger partial charge in [0, 0.05) is 51.2 Å². The van der Waals surface area contributed by atoms with Crippen LogP contribution in [0.1, 0.15) is 38.4 Å². The van der Waals surface area contributed by atoms with Crippen LogP contribution in [0.5, 0.6) is 0 Å². The third-order valence-corrected chi connectivity index (χ3v) is 4.79. The van der Waals surface area contributed by atoms with Crippen molar-refractivity contribution in [2.24, 2.45) is 5.92 Å². The molecule has 1 aliphatic heterocycles. The molecule has 1 aromatic rings. The van der Waals surface area contributed by atoms with E-state index in [9.17, 15) is 4.79 Å². The molecule has 0 radical (unpaired) electrons. The lowest BCUT2D eigenvalue weighted by atomic mass is 9.97. The standard InChI is InChI=1S/C15H26N4O2S/c1-11(2)13-16-15(22-17-13)19-7-5-6-12(10-19)14(20)18(3)8-9-21-4/h11-12H,5-10H2,1-4H3/t12-/m1/s1. The van der Waals surface area contributed by atoms with E-state index in [1.807, 2.05) is 7.05 Å². The second-order valence-electron chi connectivity index (χ2n) is 6.13. The Morgan fingerprint density at radius 1 is 1.55 bits per heavy atom. The average Bonchev–Trinajstić information content (AvgIpc) is 3.02. The first kappa shape index (κ1) is 17.1. The molecule has 0 saturated carbocycles. The summed E-state index contributed by atoms with van der Waals surface area (Å²) in [7, 11) is 3.50. The minimum Gasteiger partial charge on any atom is -0.383 e. The fourth-order valence-electron chi connectivity index (χ4n) is 2.59. The minimum atomic E-state index is 0.0435. The third-order valence-electron chi connectivity index (χ3n) is 4.00. The molecule has 0 unspecified atom stereocenters. The molecule has 1 aliphatic rings. The summed E-state index contributed by atoms with van der Waals surface area (Å²) in [6.45, 7) is 7.11. The largest absolute Gasteiger partial charge is 0.383 e. The quantitative estimate of drug-likeness (QED) is 0.800. The van der Waals surface area contributed by atoms with Gasteiger partial charge in [-0.05, 0) is 12.8 Å². The Bertz CT molecular complexity index is 492. The molecule has 2 rings (SSSR count). The molecule has 0 aliphatic carbocycles. The lowest BCUT2D eigenvalue weighted by Gasteiger charge is -2.33. The van der Waals surface area contributed by atoms with Crippen LogP contribution in [-0.4, -0.2) is 60.6 Å². The van der Waals surface area contributed by atoms with Crippen LogP contribution in [0.15, 0.2) is 0 Å². The van der Waals surface area contributed by atoms with E-state index in [0.717, 1.165) is 36.9 Å². The van der Waals surface area contributed by atoms with Gasteiger partial charge < -0.3 is 14.5 Å². The molecule has 124 valence electrons. The Hall–Kier alpha value is -1.21. The lowest BCUT2D eigenvalue weighted by Crippen LogP contribution is -2.44. The Labute approximate surface area is 136 Å². The fourth-order valence-corrected chi connectivity index (χ4v) is 3.43. The molecule has 1 aromatic heterocycles. The van der Waals surface area contributed by atoms with Gasteiger partial charge in [0.1, 0.15) is 5.82 Å². The van der Waals surface area contributed by atoms with Gasteiger partial charge in [-0.25, -0.2) is 4.98 Å². The van der Waals surface area contributed by atoms with Crippen molar-refractivity contribution >= 4 is 22.6 Å². The van der Waals surface area contributed by atoms with Gasteiger partial charge in [0.2, 0.25) is 11.0 Å². The van der Waals surface area contributed by atoms with Crippen LogP contribution in [0.3, 0.4) is 0 Å². The van der Waals surface area contributed by atoms with Crippen molar-refractivity contribution in [3.8, 4) is 0 Å². The molecule has 0 spiro atoms. The van der Waals surface area contributed by atoms with E-state index in [1.54, 1.807) is 12.0 Å². The second-order valence-corrected chi connectivity index (χ2v) is 6.86. The number of carbonyl (C=O) groups excluding carboxylic acids is 1. The minimum absolute atomic E-state index is 0.0435. The molecule has 1 fully saturated rings. The van der Waals surface area contributed by atoms with E-state index < -0.39 is 0 Å². The first-order valence-corrected chi connectivity index (χ1v) is 8.62. The number of carbonyl (C=O) groups is 1. The van der Waals surface area contributed by atoms with Gasteiger partial charge in [0.05, 0.1) is 12.5 Å². The molecule has 1 amide bonds. The number of likely N-dealkylation sites (N-methyl/N-ethyl adjacent to an activating group) is 1. The van der Waals surface area contributed by atoms with E-state index in [-0.39, 0.29) is 11.8 Å². The number of piperidine rings is 1. The SMILES string of the molecule is COCCN(C)C(=O)[C@@H]1CCCN(c2nc(C(C)C)ns2)C1. The molecule has 6 nitrogen and oxygen atoms in total. The predicted octanol–water partition coefficient (Wildman–Crippen LogP) is 1.98. The maximum Gasteiger partial charge on any atom is 0.227 e. The van der Waals surface area contributed by atoms with Gasteiger partial charge >= 0.3 is 0 Å². The summed E-state index contributed by atoms with van der Waals surface area (Å²) >= 11 is 1.44. The fraction of sp³-hybridized carbons (Fsp3) is 0.800. The van der Waals surface area contributed by atoms with Crippen molar-refractivity contribution in [2.45, 2.75) is 32.6 Å². The second kappa shape index (κ2) is 7.87. The maximum atomic E-state index is 12.5. The third kappa shape index (κ3) is 4.16. The maximum absolute atomic E-state index is 12.5. The number of aromatic nitrogens is 2. The van der Waals surface area contributed by atoms with E-state index in [2.05, 4.69) is 28.1 Å². The highest BCUT2D eigenvalue weighted by molar-refractivity contribution is 7.09.